The van der Waals surface area contributed by atoms with Crippen molar-refractivity contribution in [3.63, 3.8) is 0 Å². The second-order valence-electron chi connectivity index (χ2n) is 3.63. The molecule has 0 saturated carbocycles. The Bertz CT molecular complexity index is 459. The number of pyridine rings is 1. The summed E-state index contributed by atoms with van der Waals surface area (Å²) >= 11 is 3.37. The van der Waals surface area contributed by atoms with Gasteiger partial charge in [0, 0.05) is 10.7 Å². The van der Waals surface area contributed by atoms with Crippen LogP contribution in [0.25, 0.3) is 0 Å². The number of aromatic nitrogens is 1. The summed E-state index contributed by atoms with van der Waals surface area (Å²) < 4.78 is 6.62. The molecule has 88 valence electrons. The monoisotopic (exact) mass is 292 g/mol. The number of nitrogens with zero attached hydrogens (tertiary/aromatic N) is 1. The average molecular weight is 293 g/mol. The summed E-state index contributed by atoms with van der Waals surface area (Å²) in [7, 11) is 0. The van der Waals surface area contributed by atoms with Gasteiger partial charge in [0.15, 0.2) is 0 Å². The van der Waals surface area contributed by atoms with Gasteiger partial charge < -0.3 is 10.5 Å². The minimum atomic E-state index is -0.208. The van der Waals surface area contributed by atoms with Crippen molar-refractivity contribution in [1.82, 2.24) is 4.98 Å². The molecule has 1 aromatic heterocycles. The molecule has 0 fully saturated rings. The second kappa shape index (κ2) is 5.80. The maximum absolute atomic E-state index is 5.98. The van der Waals surface area contributed by atoms with Crippen LogP contribution in [-0.4, -0.2) is 11.6 Å². The average Bonchev–Trinajstić information content (AvgIpc) is 2.39. The molecular formula is C13H13BrN2O. The van der Waals surface area contributed by atoms with E-state index in [9.17, 15) is 0 Å². The lowest BCUT2D eigenvalue weighted by Gasteiger charge is -2.12. The minimum Gasteiger partial charge on any atom is -0.492 e. The maximum Gasteiger partial charge on any atom is 0.119 e. The molecule has 1 heterocycles. The van der Waals surface area contributed by atoms with Gasteiger partial charge in [0.1, 0.15) is 12.4 Å². The van der Waals surface area contributed by atoms with Crippen molar-refractivity contribution in [3.05, 3.63) is 58.8 Å². The summed E-state index contributed by atoms with van der Waals surface area (Å²) in [6.07, 6.45) is 1.73. The minimum absolute atomic E-state index is 0.208. The number of benzene rings is 1. The van der Waals surface area contributed by atoms with Gasteiger partial charge in [-0.05, 0) is 36.4 Å². The van der Waals surface area contributed by atoms with E-state index >= 15 is 0 Å². The van der Waals surface area contributed by atoms with Gasteiger partial charge in [0.25, 0.3) is 0 Å². The lowest BCUT2D eigenvalue weighted by Crippen LogP contribution is -2.19. The highest BCUT2D eigenvalue weighted by Gasteiger charge is 2.07. The van der Waals surface area contributed by atoms with Crippen LogP contribution in [0.1, 0.15) is 11.7 Å². The summed E-state index contributed by atoms with van der Waals surface area (Å²) in [6, 6.07) is 13.1. The molecule has 17 heavy (non-hydrogen) atoms. The molecular weight excluding hydrogens is 280 g/mol. The Morgan fingerprint density at radius 1 is 1.18 bits per heavy atom. The Morgan fingerprint density at radius 2 is 1.94 bits per heavy atom. The first-order valence-electron chi connectivity index (χ1n) is 5.30. The van der Waals surface area contributed by atoms with Crippen molar-refractivity contribution in [2.75, 3.05) is 6.61 Å². The summed E-state index contributed by atoms with van der Waals surface area (Å²) in [4.78, 5) is 4.19. The van der Waals surface area contributed by atoms with Crippen LogP contribution in [0.3, 0.4) is 0 Å². The number of ether oxygens (including phenoxy) is 1. The molecule has 2 N–H and O–H groups in total. The molecule has 0 bridgehead atoms. The van der Waals surface area contributed by atoms with Gasteiger partial charge in [-0.2, -0.15) is 0 Å². The number of hydrogen-bond acceptors (Lipinski definition) is 3. The molecule has 0 aliphatic carbocycles. The molecule has 2 aromatic rings. The lowest BCUT2D eigenvalue weighted by atomic mass is 10.2. The predicted octanol–water partition coefficient (Wildman–Crippen LogP) is 2.92. The fourth-order valence-electron chi connectivity index (χ4n) is 1.40. The molecule has 0 saturated heterocycles. The first kappa shape index (κ1) is 12.1. The van der Waals surface area contributed by atoms with Crippen LogP contribution in [0.2, 0.25) is 0 Å². The third kappa shape index (κ3) is 3.54. The summed E-state index contributed by atoms with van der Waals surface area (Å²) in [5.74, 6) is 0.805. The SMILES string of the molecule is NC(COc1ccc(Br)cc1)c1ccccn1. The first-order chi connectivity index (χ1) is 8.25. The van der Waals surface area contributed by atoms with Crippen LogP contribution in [0, 0.1) is 0 Å². The van der Waals surface area contributed by atoms with E-state index in [4.69, 9.17) is 10.5 Å². The molecule has 0 aliphatic heterocycles. The van der Waals surface area contributed by atoms with Crippen molar-refractivity contribution in [3.8, 4) is 5.75 Å². The van der Waals surface area contributed by atoms with Crippen molar-refractivity contribution < 1.29 is 4.74 Å². The van der Waals surface area contributed by atoms with Crippen molar-refractivity contribution in [1.29, 1.82) is 0 Å². The molecule has 2 rings (SSSR count). The predicted molar refractivity (Wildman–Crippen MR) is 70.8 cm³/mol. The Hall–Kier alpha value is -1.39. The Kier molecular flexibility index (Phi) is 4.12. The third-order valence-corrected chi connectivity index (χ3v) is 2.84. The van der Waals surface area contributed by atoms with Crippen LogP contribution in [0.15, 0.2) is 53.1 Å². The van der Waals surface area contributed by atoms with Gasteiger partial charge >= 0.3 is 0 Å². The quantitative estimate of drug-likeness (QED) is 0.943. The third-order valence-electron chi connectivity index (χ3n) is 2.31. The van der Waals surface area contributed by atoms with Gasteiger partial charge in [-0.15, -0.1) is 0 Å². The van der Waals surface area contributed by atoms with E-state index in [0.29, 0.717) is 6.61 Å². The fraction of sp³-hybridized carbons (Fsp3) is 0.154. The van der Waals surface area contributed by atoms with E-state index in [1.165, 1.54) is 0 Å². The van der Waals surface area contributed by atoms with Crippen LogP contribution in [0.5, 0.6) is 5.75 Å². The second-order valence-corrected chi connectivity index (χ2v) is 4.54. The zero-order valence-corrected chi connectivity index (χ0v) is 10.8. The van der Waals surface area contributed by atoms with Crippen LogP contribution in [-0.2, 0) is 0 Å². The van der Waals surface area contributed by atoms with Gasteiger partial charge in [-0.3, -0.25) is 4.98 Å². The molecule has 0 spiro atoms. The molecule has 4 heteroatoms. The Labute approximate surface area is 109 Å². The first-order valence-corrected chi connectivity index (χ1v) is 6.10. The van der Waals surface area contributed by atoms with Crippen LogP contribution >= 0.6 is 15.9 Å². The molecule has 3 nitrogen and oxygen atoms in total. The molecule has 0 radical (unpaired) electrons. The van der Waals surface area contributed by atoms with E-state index in [0.717, 1.165) is 15.9 Å². The highest BCUT2D eigenvalue weighted by atomic mass is 79.9. The van der Waals surface area contributed by atoms with Crippen molar-refractivity contribution in [2.45, 2.75) is 6.04 Å². The summed E-state index contributed by atoms with van der Waals surface area (Å²) in [5, 5.41) is 0. The molecule has 0 aliphatic rings. The zero-order valence-electron chi connectivity index (χ0n) is 9.21. The number of hydrogen-bond donors (Lipinski definition) is 1. The Balaban J connectivity index is 1.92. The highest BCUT2D eigenvalue weighted by molar-refractivity contribution is 9.10. The van der Waals surface area contributed by atoms with Gasteiger partial charge in [-0.25, -0.2) is 0 Å². The van der Waals surface area contributed by atoms with Gasteiger partial charge in [0.2, 0.25) is 0 Å². The number of rotatable bonds is 4. The van der Waals surface area contributed by atoms with E-state index in [1.54, 1.807) is 6.20 Å². The smallest absolute Gasteiger partial charge is 0.119 e. The molecule has 1 atom stereocenters. The van der Waals surface area contributed by atoms with E-state index < -0.39 is 0 Å². The highest BCUT2D eigenvalue weighted by Crippen LogP contribution is 2.17. The van der Waals surface area contributed by atoms with E-state index in [-0.39, 0.29) is 6.04 Å². The summed E-state index contributed by atoms with van der Waals surface area (Å²) in [6.45, 7) is 0.415. The lowest BCUT2D eigenvalue weighted by molar-refractivity contribution is 0.288. The normalized spacial score (nSPS) is 12.1. The topological polar surface area (TPSA) is 48.1 Å². The Morgan fingerprint density at radius 3 is 2.59 bits per heavy atom. The molecule has 0 amide bonds. The van der Waals surface area contributed by atoms with Gasteiger partial charge in [-0.1, -0.05) is 22.0 Å². The van der Waals surface area contributed by atoms with Crippen LogP contribution < -0.4 is 10.5 Å². The van der Waals surface area contributed by atoms with E-state index in [1.807, 2.05) is 42.5 Å². The number of halogens is 1. The fourth-order valence-corrected chi connectivity index (χ4v) is 1.66. The van der Waals surface area contributed by atoms with Crippen molar-refractivity contribution in [2.24, 2.45) is 5.73 Å². The van der Waals surface area contributed by atoms with Gasteiger partial charge in [0.05, 0.1) is 11.7 Å². The van der Waals surface area contributed by atoms with Crippen molar-refractivity contribution >= 4 is 15.9 Å². The van der Waals surface area contributed by atoms with Crippen LogP contribution in [0.4, 0.5) is 0 Å². The largest absolute Gasteiger partial charge is 0.492 e. The molecule has 1 aromatic carbocycles. The zero-order chi connectivity index (χ0) is 12.1. The standard InChI is InChI=1S/C13H13BrN2O/c14-10-4-6-11(7-5-10)17-9-12(15)13-3-1-2-8-16-13/h1-8,12H,9,15H2. The summed E-state index contributed by atoms with van der Waals surface area (Å²) in [5.41, 5.74) is 6.81. The molecule has 1 unspecified atom stereocenters. The van der Waals surface area contributed by atoms with E-state index in [2.05, 4.69) is 20.9 Å². The number of nitrogens with two attached hydrogens (primary N) is 1. The maximum atomic E-state index is 5.98.